The number of phenols is 6. The number of Topliss-reactive ketones (excluding diaryl/α,β-unsaturated/α-hetero) is 1. The molecule has 0 heterocycles. The first-order valence-electron chi connectivity index (χ1n) is 15.5. The number of ketones is 2. The van der Waals surface area contributed by atoms with Crippen LogP contribution in [0.5, 0.6) is 34.5 Å². The van der Waals surface area contributed by atoms with Gasteiger partial charge in [0.15, 0.2) is 11.6 Å². The van der Waals surface area contributed by atoms with Crippen molar-refractivity contribution in [1.82, 2.24) is 0 Å². The van der Waals surface area contributed by atoms with Crippen LogP contribution in [0, 0.1) is 5.92 Å². The summed E-state index contributed by atoms with van der Waals surface area (Å²) in [7, 11) is 0. The summed E-state index contributed by atoms with van der Waals surface area (Å²) in [4.78, 5) is 27.6. The van der Waals surface area contributed by atoms with Crippen molar-refractivity contribution in [3.05, 3.63) is 124 Å². The number of hydrogen-bond acceptors (Lipinski definition) is 8. The van der Waals surface area contributed by atoms with Crippen LogP contribution >= 0.6 is 0 Å². The van der Waals surface area contributed by atoms with Crippen molar-refractivity contribution in [2.75, 3.05) is 0 Å². The van der Waals surface area contributed by atoms with Crippen LogP contribution in [-0.4, -0.2) is 42.2 Å². The third-order valence-corrected chi connectivity index (χ3v) is 8.87. The van der Waals surface area contributed by atoms with E-state index in [1.165, 1.54) is 54.6 Å². The number of rotatable bonds is 9. The molecule has 4 aromatic carbocycles. The summed E-state index contributed by atoms with van der Waals surface area (Å²) in [6.07, 6.45) is 6.60. The third kappa shape index (κ3) is 7.17. The molecule has 242 valence electrons. The molecule has 4 aromatic rings. The van der Waals surface area contributed by atoms with E-state index in [4.69, 9.17) is 0 Å². The first-order chi connectivity index (χ1) is 22.4. The Morgan fingerprint density at radius 1 is 0.745 bits per heavy atom. The molecule has 5 rings (SSSR count). The molecule has 0 bridgehead atoms. The summed E-state index contributed by atoms with van der Waals surface area (Å²) in [6, 6.07) is 18.1. The lowest BCUT2D eigenvalue weighted by Crippen LogP contribution is -2.32. The van der Waals surface area contributed by atoms with Gasteiger partial charge in [0.05, 0.1) is 5.56 Å². The van der Waals surface area contributed by atoms with E-state index < -0.39 is 29.3 Å². The van der Waals surface area contributed by atoms with E-state index in [1.54, 1.807) is 30.3 Å². The Balaban J connectivity index is 1.56. The van der Waals surface area contributed by atoms with Gasteiger partial charge in [0, 0.05) is 28.5 Å². The number of phenolic OH excluding ortho intramolecular Hbond substituents is 6. The largest absolute Gasteiger partial charge is 0.508 e. The van der Waals surface area contributed by atoms with Crippen LogP contribution < -0.4 is 0 Å². The van der Waals surface area contributed by atoms with Crippen molar-refractivity contribution < 1.29 is 40.2 Å². The molecule has 0 unspecified atom stereocenters. The number of carbonyl (C=O) groups excluding carboxylic acids is 2. The molecule has 1 fully saturated rings. The monoisotopic (exact) mass is 634 g/mol. The second-order valence-corrected chi connectivity index (χ2v) is 12.3. The fourth-order valence-electron chi connectivity index (χ4n) is 6.49. The maximum absolute atomic E-state index is 14.5. The summed E-state index contributed by atoms with van der Waals surface area (Å²) in [5.74, 6) is -3.79. The molecule has 3 atom stereocenters. The van der Waals surface area contributed by atoms with Crippen LogP contribution in [0.1, 0.15) is 87.9 Å². The summed E-state index contributed by atoms with van der Waals surface area (Å²) in [5.41, 5.74) is 2.85. The van der Waals surface area contributed by atoms with Crippen molar-refractivity contribution in [3.63, 3.8) is 0 Å². The number of benzene rings is 4. The van der Waals surface area contributed by atoms with E-state index >= 15 is 0 Å². The Morgan fingerprint density at radius 3 is 1.96 bits per heavy atom. The van der Waals surface area contributed by atoms with E-state index in [0.717, 1.165) is 11.1 Å². The molecule has 47 heavy (non-hydrogen) atoms. The molecular formula is C39H38O8. The standard InChI is InChI=1S/C39H38O8/c1-22(2)6-16-29-33(43)19-17-31(38(29)46)39(47)36-28(24-10-14-27(41)15-11-24)4-3-5-30(36)37-34(44)20-25(21-35(37)45)32(42)18-9-23-7-12-26(40)13-8-23/h6-15,17-21,28,30,36,40-41,43-46H,3-5,16H2,1-2H3/b18-9+/t28-,30-,36-/m0/s1. The molecule has 1 saturated carbocycles. The minimum atomic E-state index is -0.854. The Kier molecular flexibility index (Phi) is 9.70. The highest BCUT2D eigenvalue weighted by Crippen LogP contribution is 2.52. The van der Waals surface area contributed by atoms with Crippen molar-refractivity contribution >= 4 is 17.6 Å². The number of aromatic hydroxyl groups is 6. The lowest BCUT2D eigenvalue weighted by Gasteiger charge is -2.38. The van der Waals surface area contributed by atoms with E-state index in [2.05, 4.69) is 0 Å². The Bertz CT molecular complexity index is 1820. The van der Waals surface area contributed by atoms with Gasteiger partial charge in [-0.3, -0.25) is 9.59 Å². The zero-order valence-corrected chi connectivity index (χ0v) is 26.2. The molecule has 1 aliphatic rings. The Labute approximate surface area is 273 Å². The quantitative estimate of drug-likeness (QED) is 0.0617. The molecule has 8 nitrogen and oxygen atoms in total. The molecule has 6 N–H and O–H groups in total. The molecule has 0 saturated heterocycles. The Hall–Kier alpha value is -5.50. The summed E-state index contributed by atoms with van der Waals surface area (Å²) in [5, 5.41) is 63.9. The highest BCUT2D eigenvalue weighted by molar-refractivity contribution is 6.07. The lowest BCUT2D eigenvalue weighted by molar-refractivity contribution is 0.0836. The van der Waals surface area contributed by atoms with Crippen molar-refractivity contribution in [2.45, 2.75) is 51.4 Å². The molecule has 1 aliphatic carbocycles. The molecule has 0 spiro atoms. The lowest BCUT2D eigenvalue weighted by atomic mass is 9.64. The second-order valence-electron chi connectivity index (χ2n) is 12.3. The second kappa shape index (κ2) is 13.9. The zero-order chi connectivity index (χ0) is 33.8. The van der Waals surface area contributed by atoms with Crippen molar-refractivity contribution in [2.24, 2.45) is 5.92 Å². The molecule has 8 heteroatoms. The summed E-state index contributed by atoms with van der Waals surface area (Å²) in [6.45, 7) is 3.78. The van der Waals surface area contributed by atoms with E-state index in [0.29, 0.717) is 24.8 Å². The average molecular weight is 635 g/mol. The smallest absolute Gasteiger partial charge is 0.186 e. The van der Waals surface area contributed by atoms with Crippen LogP contribution in [0.3, 0.4) is 0 Å². The van der Waals surface area contributed by atoms with Gasteiger partial charge in [-0.15, -0.1) is 0 Å². The van der Waals surface area contributed by atoms with Gasteiger partial charge in [0.25, 0.3) is 0 Å². The first-order valence-corrected chi connectivity index (χ1v) is 15.5. The summed E-state index contributed by atoms with van der Waals surface area (Å²) >= 11 is 0. The van der Waals surface area contributed by atoms with Crippen LogP contribution in [0.2, 0.25) is 0 Å². The molecule has 0 radical (unpaired) electrons. The number of carbonyl (C=O) groups is 2. The SMILES string of the molecule is CC(C)=CCc1c(O)ccc(C(=O)[C@@H]2[C@@H](c3c(O)cc(C(=O)/C=C/c4ccc(O)cc4)cc3O)CCC[C@H]2c2ccc(O)cc2)c1O. The van der Waals surface area contributed by atoms with Gasteiger partial charge < -0.3 is 30.6 Å². The van der Waals surface area contributed by atoms with E-state index in [-0.39, 0.29) is 63.2 Å². The predicted octanol–water partition coefficient (Wildman–Crippen LogP) is 7.88. The topological polar surface area (TPSA) is 156 Å². The molecule has 0 aromatic heterocycles. The normalized spacial score (nSPS) is 17.8. The van der Waals surface area contributed by atoms with Crippen LogP contribution in [0.4, 0.5) is 0 Å². The van der Waals surface area contributed by atoms with Gasteiger partial charge in [-0.1, -0.05) is 48.4 Å². The fraction of sp³-hybridized carbons (Fsp3) is 0.231. The predicted molar refractivity (Wildman–Crippen MR) is 179 cm³/mol. The zero-order valence-electron chi connectivity index (χ0n) is 26.2. The minimum Gasteiger partial charge on any atom is -0.508 e. The highest BCUT2D eigenvalue weighted by atomic mass is 16.3. The summed E-state index contributed by atoms with van der Waals surface area (Å²) < 4.78 is 0. The van der Waals surface area contributed by atoms with Gasteiger partial charge in [0.2, 0.25) is 0 Å². The molecule has 0 amide bonds. The van der Waals surface area contributed by atoms with Crippen LogP contribution in [0.25, 0.3) is 6.08 Å². The average Bonchev–Trinajstić information content (AvgIpc) is 3.04. The minimum absolute atomic E-state index is 0.0192. The molecule has 0 aliphatic heterocycles. The van der Waals surface area contributed by atoms with Gasteiger partial charge >= 0.3 is 0 Å². The van der Waals surface area contributed by atoms with Crippen molar-refractivity contribution in [3.8, 4) is 34.5 Å². The van der Waals surface area contributed by atoms with E-state index in [1.807, 2.05) is 19.9 Å². The van der Waals surface area contributed by atoms with Gasteiger partial charge in [0.1, 0.15) is 34.5 Å². The fourth-order valence-corrected chi connectivity index (χ4v) is 6.49. The third-order valence-electron chi connectivity index (χ3n) is 8.87. The maximum atomic E-state index is 14.5. The van der Waals surface area contributed by atoms with E-state index in [9.17, 15) is 40.2 Å². The van der Waals surface area contributed by atoms with Gasteiger partial charge in [-0.25, -0.2) is 0 Å². The van der Waals surface area contributed by atoms with Gasteiger partial charge in [-0.2, -0.15) is 0 Å². The molecular weight excluding hydrogens is 596 g/mol. The first kappa shape index (κ1) is 32.9. The van der Waals surface area contributed by atoms with Crippen molar-refractivity contribution in [1.29, 1.82) is 0 Å². The highest BCUT2D eigenvalue weighted by Gasteiger charge is 2.43. The Morgan fingerprint density at radius 2 is 1.34 bits per heavy atom. The van der Waals surface area contributed by atoms with Crippen LogP contribution in [-0.2, 0) is 6.42 Å². The van der Waals surface area contributed by atoms with Crippen LogP contribution in [0.15, 0.2) is 90.5 Å². The number of allylic oxidation sites excluding steroid dienone is 3. The number of hydrogen-bond donors (Lipinski definition) is 6. The van der Waals surface area contributed by atoms with Gasteiger partial charge in [-0.05, 0) is 105 Å². The maximum Gasteiger partial charge on any atom is 0.186 e.